The Hall–Kier alpha value is -3.55. The molecule has 0 bridgehead atoms. The third kappa shape index (κ3) is 4.96. The van der Waals surface area contributed by atoms with E-state index in [0.717, 1.165) is 52.1 Å². The number of aromatic nitrogens is 1. The lowest BCUT2D eigenvalue weighted by molar-refractivity contribution is 0.0580. The molecule has 1 amide bonds. The van der Waals surface area contributed by atoms with Crippen molar-refractivity contribution in [3.8, 4) is 17.3 Å². The average Bonchev–Trinajstić information content (AvgIpc) is 3.14. The zero-order valence-corrected chi connectivity index (χ0v) is 22.8. The molecule has 2 N–H and O–H groups in total. The molecule has 2 heterocycles. The van der Waals surface area contributed by atoms with E-state index in [9.17, 15) is 18.5 Å². The van der Waals surface area contributed by atoms with Crippen molar-refractivity contribution in [2.45, 2.75) is 51.7 Å². The smallest absolute Gasteiger partial charge is 0.429 e. The van der Waals surface area contributed by atoms with Gasteiger partial charge in [0.1, 0.15) is 11.7 Å². The number of nitriles is 1. The van der Waals surface area contributed by atoms with E-state index in [4.69, 9.17) is 10.6 Å². The quantitative estimate of drug-likeness (QED) is 0.290. The molecular formula is C28H33N5O4S. The van der Waals surface area contributed by atoms with Gasteiger partial charge in [-0.15, -0.1) is 0 Å². The van der Waals surface area contributed by atoms with Gasteiger partial charge in [0, 0.05) is 30.2 Å². The van der Waals surface area contributed by atoms with Crippen molar-refractivity contribution in [2.75, 3.05) is 34.5 Å². The highest BCUT2D eigenvalue weighted by molar-refractivity contribution is 7.91. The maximum atomic E-state index is 12.4. The summed E-state index contributed by atoms with van der Waals surface area (Å²) < 4.78 is 31.5. The minimum Gasteiger partial charge on any atom is -0.442 e. The molecule has 1 aliphatic carbocycles. The molecule has 2 aromatic carbocycles. The number of sulfone groups is 1. The van der Waals surface area contributed by atoms with Crippen LogP contribution in [0.15, 0.2) is 42.5 Å². The fraction of sp³-hybridized carbons (Fsp3) is 0.429. The Bertz CT molecular complexity index is 1510. The maximum absolute atomic E-state index is 12.4. The fourth-order valence-corrected chi connectivity index (χ4v) is 6.28. The Morgan fingerprint density at radius 3 is 2.32 bits per heavy atom. The predicted molar refractivity (Wildman–Crippen MR) is 149 cm³/mol. The van der Waals surface area contributed by atoms with Crippen LogP contribution in [-0.2, 0) is 14.6 Å². The van der Waals surface area contributed by atoms with Crippen LogP contribution in [0.4, 0.5) is 16.2 Å². The number of nitrogens with two attached hydrogens (primary N) is 1. The summed E-state index contributed by atoms with van der Waals surface area (Å²) in [5.74, 6) is 6.32. The maximum Gasteiger partial charge on any atom is 0.429 e. The van der Waals surface area contributed by atoms with E-state index >= 15 is 0 Å². The highest BCUT2D eigenvalue weighted by Crippen LogP contribution is 2.43. The lowest BCUT2D eigenvalue weighted by atomic mass is 9.92. The molecule has 0 spiro atoms. The van der Waals surface area contributed by atoms with E-state index in [1.165, 1.54) is 0 Å². The molecule has 0 unspecified atom stereocenters. The summed E-state index contributed by atoms with van der Waals surface area (Å²) in [6, 6.07) is 16.0. The van der Waals surface area contributed by atoms with Crippen LogP contribution >= 0.6 is 0 Å². The van der Waals surface area contributed by atoms with Crippen molar-refractivity contribution in [1.82, 2.24) is 4.57 Å². The molecule has 38 heavy (non-hydrogen) atoms. The molecule has 3 aromatic rings. The summed E-state index contributed by atoms with van der Waals surface area (Å²) in [6.45, 7) is 6.27. The molecule has 2 fully saturated rings. The Labute approximate surface area is 223 Å². The van der Waals surface area contributed by atoms with Gasteiger partial charge >= 0.3 is 6.09 Å². The molecule has 1 aromatic heterocycles. The monoisotopic (exact) mass is 535 g/mol. The summed E-state index contributed by atoms with van der Waals surface area (Å²) in [4.78, 5) is 14.5. The molecule has 5 rings (SSSR count). The van der Waals surface area contributed by atoms with Gasteiger partial charge < -0.3 is 14.2 Å². The summed E-state index contributed by atoms with van der Waals surface area (Å²) in [5, 5.41) is 12.1. The van der Waals surface area contributed by atoms with Gasteiger partial charge in [0.05, 0.1) is 34.0 Å². The van der Waals surface area contributed by atoms with Gasteiger partial charge in [0.15, 0.2) is 9.84 Å². The van der Waals surface area contributed by atoms with Gasteiger partial charge in [-0.1, -0.05) is 12.1 Å². The molecule has 1 saturated heterocycles. The molecule has 1 aliphatic heterocycles. The van der Waals surface area contributed by atoms with Crippen LogP contribution in [0.1, 0.15) is 51.6 Å². The Kier molecular flexibility index (Phi) is 6.61. The van der Waals surface area contributed by atoms with Gasteiger partial charge in [0.25, 0.3) is 0 Å². The van der Waals surface area contributed by atoms with Crippen LogP contribution in [0, 0.1) is 11.3 Å². The number of carbonyl (C=O) groups is 1. The average molecular weight is 536 g/mol. The van der Waals surface area contributed by atoms with Crippen molar-refractivity contribution in [1.29, 1.82) is 5.26 Å². The van der Waals surface area contributed by atoms with Crippen molar-refractivity contribution < 1.29 is 17.9 Å². The zero-order chi connectivity index (χ0) is 27.2. The number of rotatable bonds is 4. The molecule has 0 atom stereocenters. The number of ether oxygens (including phenoxy) is 1. The molecular weight excluding hydrogens is 502 g/mol. The van der Waals surface area contributed by atoms with Crippen LogP contribution < -0.4 is 15.8 Å². The zero-order valence-electron chi connectivity index (χ0n) is 22.0. The van der Waals surface area contributed by atoms with Gasteiger partial charge in [-0.05, 0) is 75.9 Å². The highest BCUT2D eigenvalue weighted by atomic mass is 32.2. The van der Waals surface area contributed by atoms with Crippen LogP contribution in [-0.4, -0.2) is 49.3 Å². The molecule has 0 radical (unpaired) electrons. The Morgan fingerprint density at radius 2 is 1.76 bits per heavy atom. The lowest BCUT2D eigenvalue weighted by Gasteiger charge is -2.31. The summed E-state index contributed by atoms with van der Waals surface area (Å²) >= 11 is 0. The minimum atomic E-state index is -2.98. The summed E-state index contributed by atoms with van der Waals surface area (Å²) in [6.07, 6.45) is 2.54. The second kappa shape index (κ2) is 9.64. The van der Waals surface area contributed by atoms with Crippen molar-refractivity contribution in [3.63, 3.8) is 0 Å². The van der Waals surface area contributed by atoms with E-state index in [0.29, 0.717) is 24.3 Å². The van der Waals surface area contributed by atoms with Crippen LogP contribution in [0.3, 0.4) is 0 Å². The molecule has 9 nitrogen and oxygen atoms in total. The second-order valence-electron chi connectivity index (χ2n) is 11.0. The van der Waals surface area contributed by atoms with Crippen LogP contribution in [0.25, 0.3) is 22.2 Å². The fourth-order valence-electron chi connectivity index (χ4n) is 5.08. The summed E-state index contributed by atoms with van der Waals surface area (Å²) in [5.41, 5.74) is 4.06. The van der Waals surface area contributed by atoms with Gasteiger partial charge in [-0.3, -0.25) is 0 Å². The number of hydrogen-bond donors (Lipinski definition) is 1. The Balaban J connectivity index is 1.55. The number of hydrogen-bond acceptors (Lipinski definition) is 7. The predicted octanol–water partition coefficient (Wildman–Crippen LogP) is 4.75. The van der Waals surface area contributed by atoms with Gasteiger partial charge in [-0.2, -0.15) is 5.26 Å². The number of amides is 1. The standard InChI is InChI=1S/C28H33N5O4S/c1-28(2,3)37-27(34)33(30)21-9-7-19(8-10-21)26-24(18-29)23-12-11-22(31-13-15-38(35,36)16-14-31)17-25(23)32(26)20-5-4-6-20/h7-12,17,20H,4-6,13-16,30H2,1-3H3. The first-order valence-corrected chi connectivity index (χ1v) is 14.7. The summed E-state index contributed by atoms with van der Waals surface area (Å²) in [7, 11) is -2.98. The van der Waals surface area contributed by atoms with Crippen LogP contribution in [0.2, 0.25) is 0 Å². The molecule has 1 saturated carbocycles. The van der Waals surface area contributed by atoms with E-state index in [1.807, 2.05) is 24.3 Å². The van der Waals surface area contributed by atoms with Crippen molar-refractivity contribution >= 4 is 38.2 Å². The van der Waals surface area contributed by atoms with E-state index in [1.54, 1.807) is 32.9 Å². The van der Waals surface area contributed by atoms with Crippen LogP contribution in [0.5, 0.6) is 0 Å². The largest absolute Gasteiger partial charge is 0.442 e. The third-order valence-corrected chi connectivity index (χ3v) is 8.87. The first kappa shape index (κ1) is 26.1. The molecule has 2 aliphatic rings. The second-order valence-corrected chi connectivity index (χ2v) is 13.3. The van der Waals surface area contributed by atoms with Gasteiger partial charge in [0.2, 0.25) is 0 Å². The lowest BCUT2D eigenvalue weighted by Crippen LogP contribution is -2.41. The third-order valence-electron chi connectivity index (χ3n) is 7.26. The first-order chi connectivity index (χ1) is 18.0. The van der Waals surface area contributed by atoms with Crippen molar-refractivity contribution in [3.05, 3.63) is 48.0 Å². The number of anilines is 2. The molecule has 200 valence electrons. The first-order valence-electron chi connectivity index (χ1n) is 12.9. The number of fused-ring (bicyclic) bond motifs is 1. The number of nitrogens with zero attached hydrogens (tertiary/aromatic N) is 4. The Morgan fingerprint density at radius 1 is 1.11 bits per heavy atom. The normalized spacial score (nSPS) is 17.6. The van der Waals surface area contributed by atoms with E-state index in [-0.39, 0.29) is 17.5 Å². The van der Waals surface area contributed by atoms with E-state index < -0.39 is 21.5 Å². The number of benzene rings is 2. The van der Waals surface area contributed by atoms with E-state index in [2.05, 4.69) is 21.6 Å². The SMILES string of the molecule is CC(C)(C)OC(=O)N(N)c1ccc(-c2c(C#N)c3ccc(N4CCS(=O)(=O)CC4)cc3n2C2CCC2)cc1. The van der Waals surface area contributed by atoms with Crippen molar-refractivity contribution in [2.24, 2.45) is 5.84 Å². The minimum absolute atomic E-state index is 0.150. The highest BCUT2D eigenvalue weighted by Gasteiger charge is 2.29. The number of carbonyl (C=O) groups excluding carboxylic acids is 1. The van der Waals surface area contributed by atoms with Gasteiger partial charge in [-0.25, -0.2) is 24.1 Å². The topological polar surface area (TPSA) is 122 Å². The molecule has 10 heteroatoms. The number of hydrazine groups is 1.